The summed E-state index contributed by atoms with van der Waals surface area (Å²) in [4.78, 5) is 4.74. The first-order valence-corrected chi connectivity index (χ1v) is 5.41. The van der Waals surface area contributed by atoms with Crippen molar-refractivity contribution in [2.45, 2.75) is 31.1 Å². The van der Waals surface area contributed by atoms with Crippen LogP contribution in [0.4, 0.5) is 5.82 Å². The van der Waals surface area contributed by atoms with Gasteiger partial charge in [0.05, 0.1) is 0 Å². The van der Waals surface area contributed by atoms with Gasteiger partial charge < -0.3 is 5.32 Å². The Labute approximate surface area is 87.9 Å². The Kier molecular flexibility index (Phi) is 4.22. The van der Waals surface area contributed by atoms with Crippen LogP contribution in [0.5, 0.6) is 0 Å². The molecule has 0 saturated heterocycles. The van der Waals surface area contributed by atoms with Crippen molar-refractivity contribution in [3.05, 3.63) is 24.4 Å². The first kappa shape index (κ1) is 10.5. The summed E-state index contributed by atoms with van der Waals surface area (Å²) in [6, 6.07) is 6.34. The van der Waals surface area contributed by atoms with Crippen LogP contribution in [0.15, 0.2) is 24.4 Å². The summed E-state index contributed by atoms with van der Waals surface area (Å²) in [6.07, 6.45) is 2.89. The molecule has 0 fully saturated rings. The Morgan fingerprint density at radius 3 is 2.77 bits per heavy atom. The van der Waals surface area contributed by atoms with Gasteiger partial charge in [0.1, 0.15) is 5.82 Å². The van der Waals surface area contributed by atoms with Gasteiger partial charge in [0.15, 0.2) is 0 Å². The van der Waals surface area contributed by atoms with E-state index in [4.69, 9.17) is 0 Å². The molecule has 0 bridgehead atoms. The van der Waals surface area contributed by atoms with E-state index >= 15 is 0 Å². The third kappa shape index (κ3) is 4.27. The van der Waals surface area contributed by atoms with Gasteiger partial charge in [0.25, 0.3) is 0 Å². The molecule has 0 aromatic carbocycles. The molecule has 0 radical (unpaired) electrons. The zero-order valence-electron chi connectivity index (χ0n) is 8.00. The van der Waals surface area contributed by atoms with Gasteiger partial charge in [-0.2, -0.15) is 0 Å². The molecule has 1 rings (SSSR count). The van der Waals surface area contributed by atoms with Crippen molar-refractivity contribution in [1.29, 1.82) is 0 Å². The summed E-state index contributed by atoms with van der Waals surface area (Å²) in [5, 5.41) is 3.33. The lowest BCUT2D eigenvalue weighted by Gasteiger charge is -2.15. The fraction of sp³-hybridized carbons (Fsp3) is 0.500. The number of hydrogen-bond acceptors (Lipinski definition) is 2. The largest absolute Gasteiger partial charge is 0.368 e. The number of anilines is 1. The minimum absolute atomic E-state index is 0.448. The maximum Gasteiger partial charge on any atom is 0.126 e. The summed E-state index contributed by atoms with van der Waals surface area (Å²) in [6.45, 7) is 4.31. The average molecular weight is 243 g/mol. The highest BCUT2D eigenvalue weighted by Crippen LogP contribution is 2.10. The van der Waals surface area contributed by atoms with Gasteiger partial charge in [-0.3, -0.25) is 0 Å². The number of alkyl halides is 1. The molecule has 2 atom stereocenters. The van der Waals surface area contributed by atoms with Crippen LogP contribution in [0.2, 0.25) is 0 Å². The second-order valence-corrected chi connectivity index (χ2v) is 4.84. The van der Waals surface area contributed by atoms with Crippen LogP contribution in [0, 0.1) is 0 Å². The summed E-state index contributed by atoms with van der Waals surface area (Å²) >= 11 is 3.53. The van der Waals surface area contributed by atoms with Gasteiger partial charge in [-0.1, -0.05) is 28.9 Å². The monoisotopic (exact) mass is 242 g/mol. The van der Waals surface area contributed by atoms with Crippen molar-refractivity contribution in [2.75, 3.05) is 5.32 Å². The highest BCUT2D eigenvalue weighted by Gasteiger charge is 2.05. The first-order valence-electron chi connectivity index (χ1n) is 4.50. The predicted molar refractivity (Wildman–Crippen MR) is 60.3 cm³/mol. The SMILES string of the molecule is CC(Br)CC(C)Nc1ccccn1. The van der Waals surface area contributed by atoms with Crippen LogP contribution in [-0.4, -0.2) is 15.9 Å². The van der Waals surface area contributed by atoms with Crippen LogP contribution in [-0.2, 0) is 0 Å². The number of rotatable bonds is 4. The molecule has 0 aliphatic rings. The molecule has 3 heteroatoms. The van der Waals surface area contributed by atoms with Crippen LogP contribution < -0.4 is 5.32 Å². The predicted octanol–water partition coefficient (Wildman–Crippen LogP) is 3.06. The van der Waals surface area contributed by atoms with E-state index in [9.17, 15) is 0 Å². The van der Waals surface area contributed by atoms with E-state index in [1.54, 1.807) is 6.20 Å². The summed E-state index contributed by atoms with van der Waals surface area (Å²) in [5.41, 5.74) is 0. The normalized spacial score (nSPS) is 15.0. The lowest BCUT2D eigenvalue weighted by Crippen LogP contribution is -2.18. The second-order valence-electron chi connectivity index (χ2n) is 3.28. The Balaban J connectivity index is 2.41. The molecular weight excluding hydrogens is 228 g/mol. The summed E-state index contributed by atoms with van der Waals surface area (Å²) < 4.78 is 0. The van der Waals surface area contributed by atoms with Gasteiger partial charge in [-0.05, 0) is 25.5 Å². The number of nitrogens with one attached hydrogen (secondary N) is 1. The van der Waals surface area contributed by atoms with Gasteiger partial charge in [0.2, 0.25) is 0 Å². The van der Waals surface area contributed by atoms with E-state index in [0.29, 0.717) is 10.9 Å². The highest BCUT2D eigenvalue weighted by atomic mass is 79.9. The fourth-order valence-electron chi connectivity index (χ4n) is 1.25. The van der Waals surface area contributed by atoms with Crippen LogP contribution in [0.3, 0.4) is 0 Å². The van der Waals surface area contributed by atoms with Crippen molar-refractivity contribution in [3.8, 4) is 0 Å². The summed E-state index contributed by atoms with van der Waals surface area (Å²) in [7, 11) is 0. The second kappa shape index (κ2) is 5.22. The average Bonchev–Trinajstić information content (AvgIpc) is 2.04. The van der Waals surface area contributed by atoms with Crippen LogP contribution >= 0.6 is 15.9 Å². The molecule has 13 heavy (non-hydrogen) atoms. The van der Waals surface area contributed by atoms with Gasteiger partial charge in [0, 0.05) is 17.1 Å². The Morgan fingerprint density at radius 2 is 2.23 bits per heavy atom. The first-order chi connectivity index (χ1) is 6.18. The van der Waals surface area contributed by atoms with Gasteiger partial charge in [-0.15, -0.1) is 0 Å². The van der Waals surface area contributed by atoms with Crippen molar-refractivity contribution in [2.24, 2.45) is 0 Å². The molecule has 2 unspecified atom stereocenters. The Morgan fingerprint density at radius 1 is 1.46 bits per heavy atom. The molecule has 1 aromatic heterocycles. The van der Waals surface area contributed by atoms with E-state index in [1.807, 2.05) is 18.2 Å². The van der Waals surface area contributed by atoms with E-state index in [0.717, 1.165) is 12.2 Å². The maximum atomic E-state index is 4.20. The van der Waals surface area contributed by atoms with E-state index in [1.165, 1.54) is 0 Å². The van der Waals surface area contributed by atoms with Gasteiger partial charge in [-0.25, -0.2) is 4.98 Å². The molecule has 2 nitrogen and oxygen atoms in total. The minimum atomic E-state index is 0.448. The molecule has 0 amide bonds. The Hall–Kier alpha value is -0.570. The standard InChI is InChI=1S/C10H15BrN2/c1-8(11)7-9(2)13-10-5-3-4-6-12-10/h3-6,8-9H,7H2,1-2H3,(H,12,13). The molecular formula is C10H15BrN2. The number of aromatic nitrogens is 1. The topological polar surface area (TPSA) is 24.9 Å². The third-order valence-electron chi connectivity index (χ3n) is 1.74. The zero-order valence-corrected chi connectivity index (χ0v) is 9.58. The molecule has 1 heterocycles. The lowest BCUT2D eigenvalue weighted by atomic mass is 10.2. The zero-order chi connectivity index (χ0) is 9.68. The van der Waals surface area contributed by atoms with Crippen molar-refractivity contribution < 1.29 is 0 Å². The minimum Gasteiger partial charge on any atom is -0.368 e. The molecule has 1 N–H and O–H groups in total. The number of pyridine rings is 1. The molecule has 72 valence electrons. The lowest BCUT2D eigenvalue weighted by molar-refractivity contribution is 0.705. The summed E-state index contributed by atoms with van der Waals surface area (Å²) in [5.74, 6) is 0.947. The van der Waals surface area contributed by atoms with Crippen LogP contribution in [0.1, 0.15) is 20.3 Å². The van der Waals surface area contributed by atoms with Crippen LogP contribution in [0.25, 0.3) is 0 Å². The number of halogens is 1. The maximum absolute atomic E-state index is 4.20. The highest BCUT2D eigenvalue weighted by molar-refractivity contribution is 9.09. The van der Waals surface area contributed by atoms with Gasteiger partial charge >= 0.3 is 0 Å². The van der Waals surface area contributed by atoms with Crippen molar-refractivity contribution >= 4 is 21.7 Å². The Bertz CT molecular complexity index is 236. The third-order valence-corrected chi connectivity index (χ3v) is 2.11. The smallest absolute Gasteiger partial charge is 0.126 e. The number of hydrogen-bond donors (Lipinski definition) is 1. The molecule has 0 aliphatic heterocycles. The van der Waals surface area contributed by atoms with Crippen molar-refractivity contribution in [1.82, 2.24) is 4.98 Å². The van der Waals surface area contributed by atoms with E-state index in [2.05, 4.69) is 40.1 Å². The molecule has 1 aromatic rings. The molecule has 0 aliphatic carbocycles. The quantitative estimate of drug-likeness (QED) is 0.822. The van der Waals surface area contributed by atoms with E-state index < -0.39 is 0 Å². The molecule has 0 saturated carbocycles. The molecule has 0 spiro atoms. The fourth-order valence-corrected chi connectivity index (χ4v) is 1.81. The van der Waals surface area contributed by atoms with E-state index in [-0.39, 0.29) is 0 Å². The van der Waals surface area contributed by atoms with Crippen molar-refractivity contribution in [3.63, 3.8) is 0 Å². The number of nitrogens with zero attached hydrogens (tertiary/aromatic N) is 1.